The highest BCUT2D eigenvalue weighted by Gasteiger charge is 2.12. The van der Waals surface area contributed by atoms with Gasteiger partial charge in [-0.2, -0.15) is 5.10 Å². The molecule has 0 atom stereocenters. The fraction of sp³-hybridized carbons (Fsp3) is 0.412. The smallest absolute Gasteiger partial charge is 0.251 e. The van der Waals surface area contributed by atoms with Gasteiger partial charge in [-0.05, 0) is 51.3 Å². The second kappa shape index (κ2) is 6.64. The highest BCUT2D eigenvalue weighted by Crippen LogP contribution is 2.19. The summed E-state index contributed by atoms with van der Waals surface area (Å²) >= 11 is 0. The van der Waals surface area contributed by atoms with Gasteiger partial charge in [0.1, 0.15) is 5.75 Å². The Morgan fingerprint density at radius 3 is 2.68 bits per heavy atom. The van der Waals surface area contributed by atoms with Crippen molar-refractivity contribution in [3.05, 3.63) is 46.3 Å². The molecule has 118 valence electrons. The van der Waals surface area contributed by atoms with E-state index in [1.165, 1.54) is 11.3 Å². The van der Waals surface area contributed by atoms with Crippen LogP contribution in [-0.2, 0) is 13.5 Å². The van der Waals surface area contributed by atoms with Gasteiger partial charge >= 0.3 is 0 Å². The molecule has 2 rings (SSSR count). The Kier molecular flexibility index (Phi) is 4.85. The summed E-state index contributed by atoms with van der Waals surface area (Å²) in [6.07, 6.45) is 1.75. The number of aromatic nitrogens is 2. The van der Waals surface area contributed by atoms with E-state index >= 15 is 0 Å². The lowest BCUT2D eigenvalue weighted by Gasteiger charge is -2.09. The van der Waals surface area contributed by atoms with E-state index < -0.39 is 0 Å². The van der Waals surface area contributed by atoms with E-state index in [1.807, 2.05) is 18.7 Å². The molecule has 1 aromatic heterocycles. The third-order valence-corrected chi connectivity index (χ3v) is 4.10. The number of phenolic OH excluding ortho intramolecular Hbond substituents is 1. The van der Waals surface area contributed by atoms with Crippen LogP contribution < -0.4 is 5.32 Å². The van der Waals surface area contributed by atoms with Crippen molar-refractivity contribution >= 4 is 5.91 Å². The summed E-state index contributed by atoms with van der Waals surface area (Å²) in [5.41, 5.74) is 4.61. The largest absolute Gasteiger partial charge is 0.508 e. The fourth-order valence-corrected chi connectivity index (χ4v) is 2.61. The summed E-state index contributed by atoms with van der Waals surface area (Å²) < 4.78 is 1.89. The molecule has 22 heavy (non-hydrogen) atoms. The summed E-state index contributed by atoms with van der Waals surface area (Å²) in [7, 11) is 1.94. The fourth-order valence-electron chi connectivity index (χ4n) is 2.61. The molecule has 0 bridgehead atoms. The Hall–Kier alpha value is -2.30. The first-order chi connectivity index (χ1) is 10.4. The lowest BCUT2D eigenvalue weighted by Crippen LogP contribution is -2.25. The van der Waals surface area contributed by atoms with Crippen molar-refractivity contribution in [1.82, 2.24) is 15.1 Å². The van der Waals surface area contributed by atoms with E-state index in [9.17, 15) is 9.90 Å². The number of aryl methyl sites for hydroxylation is 2. The number of carbonyl (C=O) groups is 1. The number of rotatable bonds is 5. The molecular formula is C17H23N3O2. The molecule has 2 N–H and O–H groups in total. The van der Waals surface area contributed by atoms with Crippen molar-refractivity contribution in [2.75, 3.05) is 6.54 Å². The molecule has 0 unspecified atom stereocenters. The standard InChI is InChI=1S/C17H23N3O2/c1-11-14(7-5-9-16(11)21)17(22)18-10-6-8-15-12(2)19-20(4)13(15)3/h5,7,9,21H,6,8,10H2,1-4H3,(H,18,22). The molecule has 5 heteroatoms. The Labute approximate surface area is 131 Å². The van der Waals surface area contributed by atoms with Crippen LogP contribution in [0.25, 0.3) is 0 Å². The first kappa shape index (κ1) is 16.1. The quantitative estimate of drug-likeness (QED) is 0.833. The molecule has 0 aliphatic carbocycles. The van der Waals surface area contributed by atoms with Crippen LogP contribution in [0, 0.1) is 20.8 Å². The molecule has 0 radical (unpaired) electrons. The molecule has 1 heterocycles. The number of hydrogen-bond donors (Lipinski definition) is 2. The number of amides is 1. The first-order valence-corrected chi connectivity index (χ1v) is 7.47. The zero-order chi connectivity index (χ0) is 16.3. The van der Waals surface area contributed by atoms with Gasteiger partial charge in [-0.25, -0.2) is 0 Å². The molecule has 0 fully saturated rings. The van der Waals surface area contributed by atoms with Crippen LogP contribution in [0.5, 0.6) is 5.75 Å². The van der Waals surface area contributed by atoms with Crippen LogP contribution in [0.15, 0.2) is 18.2 Å². The monoisotopic (exact) mass is 301 g/mol. The zero-order valence-electron chi connectivity index (χ0n) is 13.6. The van der Waals surface area contributed by atoms with Gasteiger partial charge in [0.2, 0.25) is 0 Å². The van der Waals surface area contributed by atoms with Crippen LogP contribution in [0.4, 0.5) is 0 Å². The molecule has 0 aliphatic rings. The van der Waals surface area contributed by atoms with E-state index in [1.54, 1.807) is 25.1 Å². The van der Waals surface area contributed by atoms with Crippen molar-refractivity contribution < 1.29 is 9.90 Å². The van der Waals surface area contributed by atoms with Gasteiger partial charge in [0.05, 0.1) is 5.69 Å². The van der Waals surface area contributed by atoms with Crippen molar-refractivity contribution in [3.63, 3.8) is 0 Å². The van der Waals surface area contributed by atoms with Gasteiger partial charge in [0, 0.05) is 30.4 Å². The number of hydrogen-bond acceptors (Lipinski definition) is 3. The van der Waals surface area contributed by atoms with Gasteiger partial charge in [-0.15, -0.1) is 0 Å². The van der Waals surface area contributed by atoms with E-state index in [0.717, 1.165) is 18.5 Å². The lowest BCUT2D eigenvalue weighted by atomic mass is 10.1. The van der Waals surface area contributed by atoms with Gasteiger partial charge < -0.3 is 10.4 Å². The number of phenols is 1. The summed E-state index contributed by atoms with van der Waals surface area (Å²) in [5, 5.41) is 16.9. The van der Waals surface area contributed by atoms with Crippen molar-refractivity contribution in [3.8, 4) is 5.75 Å². The first-order valence-electron chi connectivity index (χ1n) is 7.47. The predicted octanol–water partition coefficient (Wildman–Crippen LogP) is 2.41. The van der Waals surface area contributed by atoms with Crippen molar-refractivity contribution in [2.45, 2.75) is 33.6 Å². The molecule has 0 saturated carbocycles. The topological polar surface area (TPSA) is 67.2 Å². The van der Waals surface area contributed by atoms with Gasteiger partial charge in [-0.1, -0.05) is 6.07 Å². The predicted molar refractivity (Wildman–Crippen MR) is 86.2 cm³/mol. The molecule has 1 amide bonds. The molecule has 1 aromatic carbocycles. The summed E-state index contributed by atoms with van der Waals surface area (Å²) in [6.45, 7) is 6.41. The van der Waals surface area contributed by atoms with Crippen LogP contribution >= 0.6 is 0 Å². The average molecular weight is 301 g/mol. The van der Waals surface area contributed by atoms with E-state index in [2.05, 4.69) is 17.3 Å². The maximum absolute atomic E-state index is 12.1. The Morgan fingerprint density at radius 1 is 1.32 bits per heavy atom. The van der Waals surface area contributed by atoms with Gasteiger partial charge in [-0.3, -0.25) is 9.48 Å². The highest BCUT2D eigenvalue weighted by atomic mass is 16.3. The number of carbonyl (C=O) groups excluding carboxylic acids is 1. The minimum Gasteiger partial charge on any atom is -0.508 e. The number of benzene rings is 1. The molecule has 2 aromatic rings. The minimum absolute atomic E-state index is 0.145. The number of nitrogens with one attached hydrogen (secondary N) is 1. The normalized spacial score (nSPS) is 10.7. The highest BCUT2D eigenvalue weighted by molar-refractivity contribution is 5.96. The SMILES string of the molecule is Cc1nn(C)c(C)c1CCCNC(=O)c1cccc(O)c1C. The van der Waals surface area contributed by atoms with E-state index in [0.29, 0.717) is 17.7 Å². The lowest BCUT2D eigenvalue weighted by molar-refractivity contribution is 0.0952. The second-order valence-electron chi connectivity index (χ2n) is 5.58. The maximum Gasteiger partial charge on any atom is 0.251 e. The van der Waals surface area contributed by atoms with Crippen LogP contribution in [0.1, 0.15) is 39.3 Å². The third kappa shape index (κ3) is 3.30. The average Bonchev–Trinajstić information content (AvgIpc) is 2.72. The molecule has 0 spiro atoms. The Balaban J connectivity index is 1.89. The van der Waals surface area contributed by atoms with Crippen molar-refractivity contribution in [2.24, 2.45) is 7.05 Å². The van der Waals surface area contributed by atoms with Gasteiger partial charge in [0.15, 0.2) is 0 Å². The summed E-state index contributed by atoms with van der Waals surface area (Å²) in [4.78, 5) is 12.1. The second-order valence-corrected chi connectivity index (χ2v) is 5.58. The Morgan fingerprint density at radius 2 is 2.05 bits per heavy atom. The minimum atomic E-state index is -0.145. The molecule has 5 nitrogen and oxygen atoms in total. The molecule has 0 aliphatic heterocycles. The summed E-state index contributed by atoms with van der Waals surface area (Å²) in [5.74, 6) is 0.00212. The maximum atomic E-state index is 12.1. The Bertz CT molecular complexity index is 689. The van der Waals surface area contributed by atoms with Crippen molar-refractivity contribution in [1.29, 1.82) is 0 Å². The van der Waals surface area contributed by atoms with Crippen LogP contribution in [0.2, 0.25) is 0 Å². The molecular weight excluding hydrogens is 278 g/mol. The van der Waals surface area contributed by atoms with E-state index in [-0.39, 0.29) is 11.7 Å². The summed E-state index contributed by atoms with van der Waals surface area (Å²) in [6, 6.07) is 4.99. The van der Waals surface area contributed by atoms with Gasteiger partial charge in [0.25, 0.3) is 5.91 Å². The van der Waals surface area contributed by atoms with Crippen LogP contribution in [-0.4, -0.2) is 27.3 Å². The molecule has 0 saturated heterocycles. The zero-order valence-corrected chi connectivity index (χ0v) is 13.6. The van der Waals surface area contributed by atoms with E-state index in [4.69, 9.17) is 0 Å². The third-order valence-electron chi connectivity index (χ3n) is 4.10. The number of aromatic hydroxyl groups is 1. The van der Waals surface area contributed by atoms with Crippen LogP contribution in [0.3, 0.4) is 0 Å². The number of nitrogens with zero attached hydrogens (tertiary/aromatic N) is 2.